The van der Waals surface area contributed by atoms with Gasteiger partial charge in [-0.1, -0.05) is 120 Å². The number of amides is 13. The molecule has 0 unspecified atom stereocenters. The van der Waals surface area contributed by atoms with E-state index in [0.717, 1.165) is 24.8 Å². The molecule has 22 N–H and O–H groups in total. The molecule has 628 valence electrons. The van der Waals surface area contributed by atoms with Gasteiger partial charge >= 0.3 is 11.9 Å². The van der Waals surface area contributed by atoms with Gasteiger partial charge < -0.3 is 110 Å². The van der Waals surface area contributed by atoms with Gasteiger partial charge in [0.2, 0.25) is 76.8 Å². The topological polar surface area (TPSA) is 579 Å². The molecule has 4 aromatic carbocycles. The second-order valence-electron chi connectivity index (χ2n) is 29.8. The number of nitrogens with two attached hydrogens (primary N) is 1. The number of carboxylic acids is 2. The van der Waals surface area contributed by atoms with Crippen molar-refractivity contribution in [1.82, 2.24) is 73.8 Å². The number of hydrogen-bond donors (Lipinski definition) is 21. The lowest BCUT2D eigenvalue weighted by molar-refractivity contribution is -0.140. The predicted molar refractivity (Wildman–Crippen MR) is 422 cm³/mol. The molecule has 0 saturated carbocycles. The third-order valence-electron chi connectivity index (χ3n) is 18.9. The minimum Gasteiger partial charge on any atom is -0.508 e. The highest BCUT2D eigenvalue weighted by Crippen LogP contribution is 2.23. The number of aromatic amines is 2. The number of rotatable bonds is 46. The summed E-state index contributed by atoms with van der Waals surface area (Å²) in [6, 6.07) is 7.89. The lowest BCUT2D eigenvalue weighted by Gasteiger charge is -2.29. The highest BCUT2D eigenvalue weighted by atomic mass is 16.4. The van der Waals surface area contributed by atoms with Crippen LogP contribution in [0.2, 0.25) is 0 Å². The first-order valence-corrected chi connectivity index (χ1v) is 38.1. The number of hydrogen-bond acceptors (Lipinski definition) is 19. The van der Waals surface area contributed by atoms with Crippen molar-refractivity contribution in [2.75, 3.05) is 6.61 Å². The number of aliphatic carboxylic acids is 2. The van der Waals surface area contributed by atoms with Crippen LogP contribution in [-0.4, -0.2) is 221 Å². The van der Waals surface area contributed by atoms with Crippen molar-refractivity contribution >= 4 is 111 Å². The number of aromatic nitrogens is 2. The number of benzene rings is 4. The maximum Gasteiger partial charge on any atom is 0.303 e. The van der Waals surface area contributed by atoms with Gasteiger partial charge in [-0.3, -0.25) is 71.9 Å². The first-order chi connectivity index (χ1) is 54.8. The van der Waals surface area contributed by atoms with Crippen LogP contribution in [0.4, 0.5) is 0 Å². The van der Waals surface area contributed by atoms with E-state index in [1.807, 2.05) is 18.2 Å². The molecule has 116 heavy (non-hydrogen) atoms. The van der Waals surface area contributed by atoms with Crippen LogP contribution in [0.25, 0.3) is 21.8 Å². The Morgan fingerprint density at radius 1 is 0.371 bits per heavy atom. The summed E-state index contributed by atoms with van der Waals surface area (Å²) in [7, 11) is 0. The van der Waals surface area contributed by atoms with Gasteiger partial charge in [-0.25, -0.2) is 0 Å². The van der Waals surface area contributed by atoms with Gasteiger partial charge in [-0.15, -0.1) is 0 Å². The molecule has 6 rings (SSSR count). The third-order valence-corrected chi connectivity index (χ3v) is 18.9. The van der Waals surface area contributed by atoms with Gasteiger partial charge in [0.05, 0.1) is 18.8 Å². The van der Waals surface area contributed by atoms with Crippen molar-refractivity contribution in [3.05, 3.63) is 138 Å². The van der Waals surface area contributed by atoms with E-state index in [-0.39, 0.29) is 49.7 Å². The summed E-state index contributed by atoms with van der Waals surface area (Å²) in [6.45, 7) is 12.4. The molecular formula is C80H107N15O21. The Balaban J connectivity index is 1.25. The number of H-pyrrole nitrogens is 2. The zero-order valence-electron chi connectivity index (χ0n) is 65.9. The van der Waals surface area contributed by atoms with E-state index in [1.54, 1.807) is 108 Å². The number of phenolic OH excluding ortho intramolecular Hbond substituents is 1. The largest absolute Gasteiger partial charge is 0.508 e. The standard InChI is InChI=1S/C80H107N15O21/c1-40(2)31-58(72(108)87-57(69(81)105)35-48-37-82-53-21-15-13-19-51(48)53)88-73(109)59(32-41(3)4)89-74(110)60(34-47-23-25-50(100)26-24-47)90-71(107)56(28-30-65(103)104)85-70(106)55(27-29-64(101)102)86-75(111)62(36-49-38-83-54-22-16-14-20-52(49)54)91-77(113)63(39-96)93-79(115)68(44(8)98)95-76(112)61(33-46-17-11-10-12-18-46)92-78(114)66(42(5)6)94-80(116)67(43(7)97)84-45(9)99/h10-26,37-38,40-44,55-63,66-68,82-83,96-98,100H,27-36,39H2,1-9H3,(H2,81,105)(H,84,99)(H,85,106)(H,86,111)(H,87,108)(H,88,109)(H,89,110)(H,90,107)(H,91,113)(H,92,114)(H,93,115)(H,94,116)(H,95,112)(H,101,102)(H,103,104)/t43-,44-,55+,56+,57+,58+,59+,60+,61+,62+,63+,66+,67+,68+/m1/s1. The van der Waals surface area contributed by atoms with Crippen LogP contribution < -0.4 is 69.5 Å². The molecule has 14 atom stereocenters. The first-order valence-electron chi connectivity index (χ1n) is 38.1. The summed E-state index contributed by atoms with van der Waals surface area (Å²) in [5.74, 6) is -17.7. The molecule has 0 aliphatic rings. The number of carbonyl (C=O) groups excluding carboxylic acids is 13. The number of nitrogens with one attached hydrogen (secondary N) is 14. The molecule has 0 bridgehead atoms. The lowest BCUT2D eigenvalue weighted by atomic mass is 9.98. The molecule has 0 saturated heterocycles. The number of fused-ring (bicyclic) bond motifs is 2. The molecule has 0 radical (unpaired) electrons. The van der Waals surface area contributed by atoms with E-state index in [0.29, 0.717) is 33.2 Å². The summed E-state index contributed by atoms with van der Waals surface area (Å²) in [5, 5.41) is 93.5. The normalized spacial score (nSPS) is 15.0. The molecule has 2 aromatic heterocycles. The molecule has 6 aromatic rings. The Labute approximate surface area is 668 Å². The number of phenols is 1. The fourth-order valence-electron chi connectivity index (χ4n) is 12.8. The van der Waals surface area contributed by atoms with Gasteiger partial charge in [-0.2, -0.15) is 0 Å². The van der Waals surface area contributed by atoms with E-state index in [1.165, 1.54) is 37.4 Å². The second kappa shape index (κ2) is 44.4. The van der Waals surface area contributed by atoms with E-state index in [9.17, 15) is 103 Å². The minimum atomic E-state index is -2.01. The minimum absolute atomic E-state index is 0.00819. The van der Waals surface area contributed by atoms with E-state index in [2.05, 4.69) is 73.8 Å². The average Bonchev–Trinajstić information content (AvgIpc) is 1.81. The third kappa shape index (κ3) is 28.7. The van der Waals surface area contributed by atoms with Crippen LogP contribution in [0, 0.1) is 17.8 Å². The smallest absolute Gasteiger partial charge is 0.303 e. The van der Waals surface area contributed by atoms with Gasteiger partial charge in [0.1, 0.15) is 78.3 Å². The van der Waals surface area contributed by atoms with Crippen LogP contribution in [0.1, 0.15) is 123 Å². The van der Waals surface area contributed by atoms with Crippen molar-refractivity contribution in [1.29, 1.82) is 0 Å². The summed E-state index contributed by atoms with van der Waals surface area (Å²) in [6.07, 6.45) is -4.18. The van der Waals surface area contributed by atoms with Crippen molar-refractivity contribution in [2.45, 2.75) is 211 Å². The van der Waals surface area contributed by atoms with Gasteiger partial charge in [0.25, 0.3) is 0 Å². The highest BCUT2D eigenvalue weighted by molar-refractivity contribution is 6.01. The highest BCUT2D eigenvalue weighted by Gasteiger charge is 2.40. The van der Waals surface area contributed by atoms with E-state index in [4.69, 9.17) is 5.73 Å². The molecule has 0 aliphatic carbocycles. The van der Waals surface area contributed by atoms with Crippen molar-refractivity contribution in [2.24, 2.45) is 23.5 Å². The molecule has 0 fully saturated rings. The van der Waals surface area contributed by atoms with E-state index < -0.39 is 218 Å². The maximum absolute atomic E-state index is 14.9. The van der Waals surface area contributed by atoms with Gasteiger partial charge in [-0.05, 0) is 104 Å². The maximum atomic E-state index is 14.9. The molecule has 0 aliphatic heterocycles. The monoisotopic (exact) mass is 1610 g/mol. The Morgan fingerprint density at radius 3 is 1.12 bits per heavy atom. The van der Waals surface area contributed by atoms with Gasteiger partial charge in [0, 0.05) is 79.6 Å². The lowest BCUT2D eigenvalue weighted by Crippen LogP contribution is -2.63. The molecule has 2 heterocycles. The number of para-hydroxylation sites is 2. The van der Waals surface area contributed by atoms with Crippen LogP contribution >= 0.6 is 0 Å². The predicted octanol–water partition coefficient (Wildman–Crippen LogP) is -0.820. The first kappa shape index (κ1) is 92.6. The Kier molecular flexibility index (Phi) is 35.4. The Bertz CT molecular complexity index is 4430. The molecular weight excluding hydrogens is 1510 g/mol. The van der Waals surface area contributed by atoms with Crippen LogP contribution in [0.15, 0.2) is 116 Å². The molecule has 0 spiro atoms. The van der Waals surface area contributed by atoms with Crippen molar-refractivity contribution in [3.8, 4) is 5.75 Å². The Morgan fingerprint density at radius 2 is 0.698 bits per heavy atom. The summed E-state index contributed by atoms with van der Waals surface area (Å²) >= 11 is 0. The van der Waals surface area contributed by atoms with E-state index >= 15 is 0 Å². The quantitative estimate of drug-likeness (QED) is 0.0222. The summed E-state index contributed by atoms with van der Waals surface area (Å²) in [5.41, 5.74) is 9.00. The Hall–Kier alpha value is -12.3. The number of carboxylic acid groups (broad SMARTS) is 2. The van der Waals surface area contributed by atoms with Gasteiger partial charge in [0.15, 0.2) is 0 Å². The van der Waals surface area contributed by atoms with Crippen LogP contribution in [0.3, 0.4) is 0 Å². The zero-order valence-corrected chi connectivity index (χ0v) is 65.9. The summed E-state index contributed by atoms with van der Waals surface area (Å²) in [4.78, 5) is 214. The molecule has 36 heteroatoms. The molecule has 13 amide bonds. The van der Waals surface area contributed by atoms with Crippen LogP contribution in [-0.2, 0) is 97.6 Å². The number of primary amides is 1. The number of carbonyl (C=O) groups is 15. The van der Waals surface area contributed by atoms with Crippen molar-refractivity contribution in [3.63, 3.8) is 0 Å². The summed E-state index contributed by atoms with van der Waals surface area (Å²) < 4.78 is 0. The second-order valence-corrected chi connectivity index (χ2v) is 29.8. The zero-order chi connectivity index (χ0) is 85.8. The molecule has 36 nitrogen and oxygen atoms in total. The number of aliphatic hydroxyl groups is 3. The number of aliphatic hydroxyl groups excluding tert-OH is 3. The SMILES string of the molecule is CC(=O)N[C@H](C(=O)N[C@H](C(=O)N[C@@H](Cc1ccccc1)C(=O)N[C@H](C(=O)N[C@@H](CO)C(=O)N[C@@H](Cc1c[nH]c2ccccc12)C(=O)N[C@@H](CCC(=O)O)C(=O)N[C@@H](CCC(=O)O)C(=O)N[C@@H](Cc1ccc(O)cc1)C(=O)N[C@@H](CC(C)C)C(=O)N[C@@H](CC(C)C)C(=O)N[C@@H](Cc1c[nH]c2ccccc12)C(N)=O)[C@@H](C)O)C(C)C)[C@@H](C)O. The number of aromatic hydroxyl groups is 1. The fraction of sp³-hybridized carbons (Fsp3) is 0.463. The fourth-order valence-corrected chi connectivity index (χ4v) is 12.8. The van der Waals surface area contributed by atoms with Crippen molar-refractivity contribution < 1.29 is 103 Å². The average molecular weight is 1610 g/mol. The van der Waals surface area contributed by atoms with Crippen LogP contribution in [0.5, 0.6) is 5.75 Å².